The first-order valence-electron chi connectivity index (χ1n) is 9.89. The minimum atomic E-state index is -2.31. The molecule has 0 bridgehead atoms. The van der Waals surface area contributed by atoms with E-state index < -0.39 is 9.73 Å². The lowest BCUT2D eigenvalue weighted by atomic mass is 10.0. The van der Waals surface area contributed by atoms with E-state index in [1.54, 1.807) is 35.7 Å². The largest absolute Gasteiger partial charge is 0.324 e. The molecule has 5 rings (SSSR count). The quantitative estimate of drug-likeness (QED) is 0.508. The van der Waals surface area contributed by atoms with Crippen LogP contribution in [0.15, 0.2) is 53.2 Å². The molecular weight excluding hydrogens is 412 g/mol. The molecule has 0 unspecified atom stereocenters. The van der Waals surface area contributed by atoms with Crippen LogP contribution in [0, 0.1) is 0 Å². The fourth-order valence-electron chi connectivity index (χ4n) is 3.54. The van der Waals surface area contributed by atoms with Gasteiger partial charge in [-0.05, 0) is 48.4 Å². The summed E-state index contributed by atoms with van der Waals surface area (Å²) in [5, 5.41) is 11.9. The summed E-state index contributed by atoms with van der Waals surface area (Å²) in [5.41, 5.74) is 4.23. The van der Waals surface area contributed by atoms with Crippen LogP contribution in [0.2, 0.25) is 0 Å². The highest BCUT2D eigenvalue weighted by Gasteiger charge is 2.12. The van der Waals surface area contributed by atoms with Crippen molar-refractivity contribution in [3.8, 4) is 5.82 Å². The van der Waals surface area contributed by atoms with Crippen LogP contribution in [0.4, 0.5) is 17.5 Å². The van der Waals surface area contributed by atoms with Gasteiger partial charge in [0.15, 0.2) is 17.3 Å². The molecule has 0 saturated heterocycles. The minimum absolute atomic E-state index is 0.395. The van der Waals surface area contributed by atoms with E-state index in [0.717, 1.165) is 30.6 Å². The summed E-state index contributed by atoms with van der Waals surface area (Å²) in [6.07, 6.45) is 7.58. The number of hydrogen-bond acceptors (Lipinski definition) is 8. The molecule has 0 aliphatic carbocycles. The molecule has 0 radical (unpaired) electrons. The first-order chi connectivity index (χ1) is 14.9. The Hall–Kier alpha value is -3.37. The van der Waals surface area contributed by atoms with Crippen LogP contribution >= 0.6 is 0 Å². The predicted molar refractivity (Wildman–Crippen MR) is 122 cm³/mol. The Kier molecular flexibility index (Phi) is 4.87. The second-order valence-electron chi connectivity index (χ2n) is 7.69. The Labute approximate surface area is 180 Å². The highest BCUT2D eigenvalue weighted by Crippen LogP contribution is 2.23. The van der Waals surface area contributed by atoms with Crippen molar-refractivity contribution in [3.63, 3.8) is 0 Å². The molecule has 2 N–H and O–H groups in total. The molecule has 1 aromatic carbocycles. The zero-order chi connectivity index (χ0) is 21.4. The number of fused-ring (bicyclic) bond motifs is 2. The Morgan fingerprint density at radius 3 is 2.90 bits per heavy atom. The standard InChI is InChI=1S/C21H22N8OS/c1-31(2,30)28-18-4-3-5-19(26-18)29-20-16(13-24-29)12-23-21(27-20)25-17-7-6-15-11-22-9-8-14(15)10-17/h3-7,10,12-13,22H,8-9,11H2,1-2H3,(H,23,25,27). The van der Waals surface area contributed by atoms with E-state index in [9.17, 15) is 4.21 Å². The first kappa shape index (κ1) is 19.6. The Balaban J connectivity index is 1.49. The van der Waals surface area contributed by atoms with Crippen molar-refractivity contribution in [1.29, 1.82) is 0 Å². The van der Waals surface area contributed by atoms with Crippen molar-refractivity contribution >= 4 is 38.2 Å². The van der Waals surface area contributed by atoms with E-state index in [2.05, 4.69) is 47.2 Å². The second-order valence-corrected chi connectivity index (χ2v) is 10.2. The van der Waals surface area contributed by atoms with Gasteiger partial charge in [0.25, 0.3) is 0 Å². The first-order valence-corrected chi connectivity index (χ1v) is 12.2. The molecule has 4 heterocycles. The van der Waals surface area contributed by atoms with E-state index in [1.165, 1.54) is 11.1 Å². The van der Waals surface area contributed by atoms with Gasteiger partial charge >= 0.3 is 0 Å². The molecule has 158 valence electrons. The lowest BCUT2D eigenvalue weighted by Crippen LogP contribution is -2.23. The van der Waals surface area contributed by atoms with Crippen molar-refractivity contribution in [2.24, 2.45) is 4.36 Å². The van der Waals surface area contributed by atoms with E-state index in [-0.39, 0.29) is 0 Å². The van der Waals surface area contributed by atoms with Crippen molar-refractivity contribution in [3.05, 3.63) is 59.9 Å². The number of hydrogen-bond donors (Lipinski definition) is 2. The topological polar surface area (TPSA) is 110 Å². The SMILES string of the molecule is CS(C)(=O)=Nc1cccc(-n2ncc3cnc(Nc4ccc5c(c4)CCNC5)nc32)n1. The summed E-state index contributed by atoms with van der Waals surface area (Å²) < 4.78 is 17.8. The molecule has 0 fully saturated rings. The molecule has 0 spiro atoms. The van der Waals surface area contributed by atoms with Crippen molar-refractivity contribution in [2.45, 2.75) is 13.0 Å². The lowest BCUT2D eigenvalue weighted by Gasteiger charge is -2.18. The highest BCUT2D eigenvalue weighted by atomic mass is 32.2. The molecule has 0 atom stereocenters. The van der Waals surface area contributed by atoms with Gasteiger partial charge in [0, 0.05) is 40.7 Å². The molecule has 0 saturated carbocycles. The number of pyridine rings is 1. The summed E-state index contributed by atoms with van der Waals surface area (Å²) in [7, 11) is -2.31. The number of nitrogens with zero attached hydrogens (tertiary/aromatic N) is 6. The zero-order valence-corrected chi connectivity index (χ0v) is 18.1. The predicted octanol–water partition coefficient (Wildman–Crippen LogP) is 2.96. The van der Waals surface area contributed by atoms with Crippen LogP contribution in [0.25, 0.3) is 16.9 Å². The van der Waals surface area contributed by atoms with Gasteiger partial charge in [0.1, 0.15) is 0 Å². The summed E-state index contributed by atoms with van der Waals surface area (Å²) in [5.74, 6) is 1.42. The normalized spacial score (nSPS) is 13.7. The van der Waals surface area contributed by atoms with Gasteiger partial charge in [-0.15, -0.1) is 0 Å². The Morgan fingerprint density at radius 2 is 2.03 bits per heavy atom. The maximum atomic E-state index is 12.0. The van der Waals surface area contributed by atoms with E-state index in [1.807, 2.05) is 18.2 Å². The van der Waals surface area contributed by atoms with E-state index in [0.29, 0.717) is 23.2 Å². The molecule has 9 nitrogen and oxygen atoms in total. The van der Waals surface area contributed by atoms with Crippen LogP contribution < -0.4 is 10.6 Å². The third kappa shape index (κ3) is 4.25. The maximum absolute atomic E-state index is 12.0. The van der Waals surface area contributed by atoms with Gasteiger partial charge in [-0.25, -0.2) is 14.2 Å². The van der Waals surface area contributed by atoms with Crippen LogP contribution in [-0.2, 0) is 22.7 Å². The van der Waals surface area contributed by atoms with Crippen molar-refractivity contribution in [1.82, 2.24) is 30.0 Å². The molecule has 4 aromatic rings. The number of rotatable bonds is 4. The third-order valence-corrected chi connectivity index (χ3v) is 5.53. The Morgan fingerprint density at radius 1 is 1.13 bits per heavy atom. The summed E-state index contributed by atoms with van der Waals surface area (Å²) in [6.45, 7) is 1.89. The van der Waals surface area contributed by atoms with E-state index in [4.69, 9.17) is 0 Å². The smallest absolute Gasteiger partial charge is 0.229 e. The van der Waals surface area contributed by atoms with Gasteiger partial charge < -0.3 is 10.6 Å². The summed E-state index contributed by atoms with van der Waals surface area (Å²) in [6, 6.07) is 11.7. The van der Waals surface area contributed by atoms with Crippen molar-refractivity contribution in [2.75, 3.05) is 24.4 Å². The number of aromatic nitrogens is 5. The highest BCUT2D eigenvalue weighted by molar-refractivity contribution is 7.92. The van der Waals surface area contributed by atoms with Crippen LogP contribution in [-0.4, -0.2) is 48.0 Å². The molecule has 1 aliphatic rings. The molecule has 10 heteroatoms. The monoisotopic (exact) mass is 434 g/mol. The third-order valence-electron chi connectivity index (χ3n) is 4.91. The maximum Gasteiger partial charge on any atom is 0.229 e. The van der Waals surface area contributed by atoms with Crippen LogP contribution in [0.3, 0.4) is 0 Å². The van der Waals surface area contributed by atoms with Gasteiger partial charge in [0.05, 0.1) is 11.6 Å². The number of benzene rings is 1. The van der Waals surface area contributed by atoms with Crippen molar-refractivity contribution < 1.29 is 4.21 Å². The number of anilines is 2. The zero-order valence-electron chi connectivity index (χ0n) is 17.2. The van der Waals surface area contributed by atoms with Crippen LogP contribution in [0.1, 0.15) is 11.1 Å². The van der Waals surface area contributed by atoms with Gasteiger partial charge in [-0.1, -0.05) is 12.1 Å². The minimum Gasteiger partial charge on any atom is -0.324 e. The van der Waals surface area contributed by atoms with Crippen LogP contribution in [0.5, 0.6) is 0 Å². The second kappa shape index (κ2) is 7.71. The molecule has 1 aliphatic heterocycles. The summed E-state index contributed by atoms with van der Waals surface area (Å²) >= 11 is 0. The molecular formula is C21H22N8OS. The van der Waals surface area contributed by atoms with Gasteiger partial charge in [-0.2, -0.15) is 19.1 Å². The fraction of sp³-hybridized carbons (Fsp3) is 0.238. The molecule has 31 heavy (non-hydrogen) atoms. The average Bonchev–Trinajstić information content (AvgIpc) is 3.16. The molecule has 3 aromatic heterocycles. The fourth-order valence-corrected chi connectivity index (χ4v) is 4.09. The number of nitrogens with one attached hydrogen (secondary N) is 2. The van der Waals surface area contributed by atoms with Gasteiger partial charge in [0.2, 0.25) is 5.95 Å². The average molecular weight is 435 g/mol. The summed E-state index contributed by atoms with van der Waals surface area (Å²) in [4.78, 5) is 13.6. The lowest BCUT2D eigenvalue weighted by molar-refractivity contribution is 0.644. The van der Waals surface area contributed by atoms with E-state index >= 15 is 0 Å². The Bertz CT molecular complexity index is 1400. The van der Waals surface area contributed by atoms with Gasteiger partial charge in [-0.3, -0.25) is 0 Å². The molecule has 0 amide bonds.